The average molecular weight is 1510 g/mol. The number of hydrogen-bond donors (Lipinski definition) is 0. The third-order valence-electron chi connectivity index (χ3n) is 12.9. The summed E-state index contributed by atoms with van der Waals surface area (Å²) in [4.78, 5) is 0. The van der Waals surface area contributed by atoms with E-state index in [9.17, 15) is 0 Å². The van der Waals surface area contributed by atoms with Gasteiger partial charge in [0, 0.05) is 120 Å². The Morgan fingerprint density at radius 3 is 0.969 bits per heavy atom. The summed E-state index contributed by atoms with van der Waals surface area (Å²) in [7, 11) is 0. The molecule has 9 heteroatoms. The summed E-state index contributed by atoms with van der Waals surface area (Å²) in [5.41, 5.74) is 17.5. The molecule has 0 heterocycles. The van der Waals surface area contributed by atoms with Crippen LogP contribution in [0.25, 0.3) is 43.4 Å². The number of nitrogens with zero attached hydrogens (tertiary/aromatic N) is 6. The third kappa shape index (κ3) is 32.3. The minimum Gasteiger partial charge on any atom is -0.228 e. The van der Waals surface area contributed by atoms with Gasteiger partial charge in [-0.15, -0.1) is 34.9 Å². The molecule has 0 atom stereocenters. The van der Waals surface area contributed by atoms with E-state index < -0.39 is 0 Å². The Morgan fingerprint density at radius 2 is 0.583 bits per heavy atom. The van der Waals surface area contributed by atoms with Crippen molar-refractivity contribution < 1.29 is 98.1 Å². The van der Waals surface area contributed by atoms with Crippen molar-refractivity contribution >= 4 is 62.4 Å². The molecule has 1 aliphatic carbocycles. The fourth-order valence-corrected chi connectivity index (χ4v) is 8.70. The zero-order chi connectivity index (χ0) is 70.7. The molecule has 10 aromatic rings. The van der Waals surface area contributed by atoms with Gasteiger partial charge in [-0.1, -0.05) is 344 Å². The second-order valence-corrected chi connectivity index (χ2v) is 18.3. The first-order valence-corrected chi connectivity index (χ1v) is 34.4. The van der Waals surface area contributed by atoms with E-state index in [-0.39, 0.29) is 98.1 Å². The third-order valence-corrected chi connectivity index (χ3v) is 12.9. The molecule has 0 saturated carbocycles. The van der Waals surface area contributed by atoms with Gasteiger partial charge in [0.1, 0.15) is 11.1 Å². The second kappa shape index (κ2) is 61.6. The molecule has 0 aromatic heterocycles. The molecule has 0 N–H and O–H groups in total. The molecule has 505 valence electrons. The Bertz CT molecular complexity index is 3800. The van der Waals surface area contributed by atoms with E-state index >= 15 is 0 Å². The van der Waals surface area contributed by atoms with Crippen LogP contribution in [0, 0.1) is 41.5 Å². The first-order valence-electron chi connectivity index (χ1n) is 34.4. The van der Waals surface area contributed by atoms with E-state index in [0.29, 0.717) is 0 Å². The van der Waals surface area contributed by atoms with Crippen LogP contribution in [0.2, 0.25) is 0 Å². The van der Waals surface area contributed by atoms with Crippen molar-refractivity contribution in [3.8, 4) is 11.1 Å². The molecule has 11 rings (SSSR count). The van der Waals surface area contributed by atoms with E-state index in [4.69, 9.17) is 0 Å². The fraction of sp³-hybridized carbons (Fsp3) is 0.310. The maximum absolute atomic E-state index is 4.58. The molecule has 0 amide bonds. The molecule has 96 heavy (non-hydrogen) atoms. The predicted octanol–water partition coefficient (Wildman–Crippen LogP) is 25.9. The summed E-state index contributed by atoms with van der Waals surface area (Å²) in [5, 5.41) is 33.9. The Hall–Kier alpha value is -5.69. The van der Waals surface area contributed by atoms with Gasteiger partial charge in [0.05, 0.1) is 5.71 Å². The minimum atomic E-state index is 0. The van der Waals surface area contributed by atoms with Crippen LogP contribution in [0.3, 0.4) is 0 Å². The monoisotopic (exact) mass is 1510 g/mol. The summed E-state index contributed by atoms with van der Waals surface area (Å²) in [6.45, 7) is 54.3. The summed E-state index contributed by atoms with van der Waals surface area (Å²) in [6.07, 6.45) is 9.21. The summed E-state index contributed by atoms with van der Waals surface area (Å²) >= 11 is 0. The Labute approximate surface area is 660 Å². The van der Waals surface area contributed by atoms with Crippen molar-refractivity contribution in [2.45, 2.75) is 187 Å². The van der Waals surface area contributed by atoms with E-state index in [2.05, 4.69) is 249 Å². The Balaban J connectivity index is -0.000000376. The van der Waals surface area contributed by atoms with Gasteiger partial charge >= 0.3 is 0 Å². The number of benzene rings is 9. The largest absolute Gasteiger partial charge is 0.228 e. The molecule has 0 spiro atoms. The predicted molar refractivity (Wildman–Crippen MR) is 422 cm³/mol. The molecular weight excluding hydrogens is 1400 g/mol. The molecule has 0 saturated heterocycles. The van der Waals surface area contributed by atoms with Crippen molar-refractivity contribution in [3.63, 3.8) is 0 Å². The van der Waals surface area contributed by atoms with Gasteiger partial charge in [-0.25, -0.2) is 15.3 Å². The van der Waals surface area contributed by atoms with Crippen LogP contribution in [-0.4, -0.2) is 30.1 Å². The summed E-state index contributed by atoms with van der Waals surface area (Å²) in [5.74, 6) is 0. The molecule has 0 bridgehead atoms. The molecule has 6 nitrogen and oxygen atoms in total. The maximum Gasteiger partial charge on any atom is 0.100 e. The van der Waals surface area contributed by atoms with Gasteiger partial charge < -0.3 is 0 Å². The zero-order valence-corrected chi connectivity index (χ0v) is 72.6. The van der Waals surface area contributed by atoms with Crippen molar-refractivity contribution in [2.75, 3.05) is 0 Å². The smallest absolute Gasteiger partial charge is 0.100 e. The molecule has 1 aliphatic rings. The van der Waals surface area contributed by atoms with Crippen molar-refractivity contribution in [1.29, 1.82) is 0 Å². The van der Waals surface area contributed by atoms with Crippen LogP contribution < -0.4 is 5.36 Å². The van der Waals surface area contributed by atoms with Gasteiger partial charge in [0.15, 0.2) is 0 Å². The molecule has 0 unspecified atom stereocenters. The van der Waals surface area contributed by atoms with Crippen LogP contribution in [0.1, 0.15) is 212 Å². The normalized spacial score (nSPS) is 9.70. The first-order chi connectivity index (χ1) is 45.6. The van der Waals surface area contributed by atoms with Crippen molar-refractivity contribution in [3.05, 3.63) is 278 Å². The molecule has 3 radical (unpaired) electrons. The van der Waals surface area contributed by atoms with Gasteiger partial charge in [0.2, 0.25) is 0 Å². The van der Waals surface area contributed by atoms with Gasteiger partial charge in [0.25, 0.3) is 0 Å². The molecule has 0 fully saturated rings. The van der Waals surface area contributed by atoms with E-state index in [1.165, 1.54) is 38.6 Å². The van der Waals surface area contributed by atoms with E-state index in [1.54, 1.807) is 0 Å². The van der Waals surface area contributed by atoms with Crippen molar-refractivity contribution in [2.24, 2.45) is 30.6 Å². The van der Waals surface area contributed by atoms with Crippen LogP contribution in [0.15, 0.2) is 237 Å². The number of fused-ring (bicyclic) bond motifs is 6. The minimum absolute atomic E-state index is 0. The number of aryl methyl sites for hydroxylation is 6. The Kier molecular flexibility index (Phi) is 63.5. The first kappa shape index (κ1) is 99.0. The van der Waals surface area contributed by atoms with Crippen molar-refractivity contribution in [1.82, 2.24) is 0 Å². The molecular formula is C87H115N6Y3-3. The topological polar surface area (TPSA) is 74.2 Å². The maximum atomic E-state index is 4.58. The van der Waals surface area contributed by atoms with Crippen LogP contribution in [0.5, 0.6) is 0 Å². The summed E-state index contributed by atoms with van der Waals surface area (Å²) in [6, 6.07) is 70.9. The number of rotatable bonds is 7. The van der Waals surface area contributed by atoms with E-state index in [0.717, 1.165) is 88.4 Å². The second-order valence-electron chi connectivity index (χ2n) is 18.3. The van der Waals surface area contributed by atoms with Gasteiger partial charge in [-0.2, -0.15) is 66.9 Å². The van der Waals surface area contributed by atoms with E-state index in [1.807, 2.05) is 194 Å². The molecule has 10 aromatic carbocycles. The standard InChI is InChI=1S/C24H19N2.C22H17N2.C21H19N2.10C2H6.3Y/c1-17-11-12-18(2)21(15-17)16-25-26-24-22-9-5-3-7-19(22)13-14-20-8-4-6-10-23(20)24;1-15-11-12-16(2)17(13-15)14-23-24-22-20-9-5-3-7-18(20)19-8-4-6-10-21(19)22;1-15-8-9-16(2)21(12-15)14-22-23-17(3)19-11-10-18-6-4-5-7-20(18)13-19;10*1-2;;;/h3-15H,1-2H3;3-13H,1-2H3;4-13H,1-3H3;10*1-2H3;;;/q3*-1;;;;;;;;;;;;;/b;;23-17+;;;;;;;;;;;;;. The average Bonchev–Trinajstić information content (AvgIpc) is 1.62. The van der Waals surface area contributed by atoms with Gasteiger partial charge in [-0.3, -0.25) is 0 Å². The van der Waals surface area contributed by atoms with Crippen LogP contribution in [-0.2, 0) is 98.1 Å². The quantitative estimate of drug-likeness (QED) is 0.0866. The van der Waals surface area contributed by atoms with Gasteiger partial charge in [-0.05, 0) is 69.9 Å². The molecule has 0 aliphatic heterocycles. The SMILES string of the molecule is C/C(=N\N=[C-]c1cc(C)ccc1C)c1ccc2ccccc2c1.CC.CC.CC.CC.CC.CC.CC.CC.CC.CC.Cc1ccc(C)c([C-]=NN=C2c3ccccc3-c3ccccc32)c1.Cc1ccc(C)c([C-]=NN=c2c3ccccc3ccc3ccccc23)c1.[Y].[Y].[Y]. The van der Waals surface area contributed by atoms with Crippen LogP contribution >= 0.6 is 0 Å². The zero-order valence-electron chi connectivity index (χ0n) is 64.0. The number of hydrogen-bond acceptors (Lipinski definition) is 6. The summed E-state index contributed by atoms with van der Waals surface area (Å²) < 4.78 is 0. The Morgan fingerprint density at radius 1 is 0.281 bits per heavy atom. The fourth-order valence-electron chi connectivity index (χ4n) is 8.70. The van der Waals surface area contributed by atoms with Crippen LogP contribution in [0.4, 0.5) is 0 Å².